The third kappa shape index (κ3) is 4.93. The van der Waals surface area contributed by atoms with Gasteiger partial charge >= 0.3 is 0 Å². The highest BCUT2D eigenvalue weighted by Crippen LogP contribution is 2.55. The maximum atomic E-state index is 14.7. The first-order valence-electron chi connectivity index (χ1n) is 12.0. The van der Waals surface area contributed by atoms with Gasteiger partial charge in [0.05, 0.1) is 10.1 Å². The standard InChI is InChI=1S/C28H30FNO4S/c1-17-5-4-14-30(17)18(2)16-33-22-10-8-19(9-11-22)26-27(20-6-3-7-21(31)15-20)35-28-24(34-26)13-12-23(32)25(28)29/h3,6-13,15,17-18,26-27,31-32H,4-5,14,16H2,1-2H3/t17-,18-,26-,27+/m0/s1. The first kappa shape index (κ1) is 23.8. The van der Waals surface area contributed by atoms with Crippen molar-refractivity contribution in [1.82, 2.24) is 4.90 Å². The molecule has 0 aromatic heterocycles. The number of hydrogen-bond donors (Lipinski definition) is 2. The van der Waals surface area contributed by atoms with Crippen molar-refractivity contribution in [3.8, 4) is 23.0 Å². The molecule has 0 bridgehead atoms. The number of rotatable bonds is 6. The van der Waals surface area contributed by atoms with Crippen LogP contribution in [0.1, 0.15) is 49.2 Å². The summed E-state index contributed by atoms with van der Waals surface area (Å²) in [4.78, 5) is 2.76. The molecule has 0 radical (unpaired) electrons. The van der Waals surface area contributed by atoms with Gasteiger partial charge < -0.3 is 19.7 Å². The number of fused-ring (bicyclic) bond motifs is 1. The summed E-state index contributed by atoms with van der Waals surface area (Å²) in [5.41, 5.74) is 1.72. The molecule has 0 saturated carbocycles. The van der Waals surface area contributed by atoms with Crippen molar-refractivity contribution in [2.75, 3.05) is 13.2 Å². The van der Waals surface area contributed by atoms with Crippen molar-refractivity contribution < 1.29 is 24.1 Å². The lowest BCUT2D eigenvalue weighted by Crippen LogP contribution is -2.39. The highest BCUT2D eigenvalue weighted by molar-refractivity contribution is 7.99. The molecule has 5 rings (SSSR count). The molecule has 1 saturated heterocycles. The van der Waals surface area contributed by atoms with Crippen LogP contribution in [0.5, 0.6) is 23.0 Å². The van der Waals surface area contributed by atoms with E-state index in [-0.39, 0.29) is 15.9 Å². The average molecular weight is 496 g/mol. The van der Waals surface area contributed by atoms with Gasteiger partial charge in [-0.3, -0.25) is 4.90 Å². The summed E-state index contributed by atoms with van der Waals surface area (Å²) in [5.74, 6) is 0.212. The fraction of sp³-hybridized carbons (Fsp3) is 0.357. The summed E-state index contributed by atoms with van der Waals surface area (Å²) in [7, 11) is 0. The zero-order chi connectivity index (χ0) is 24.5. The summed E-state index contributed by atoms with van der Waals surface area (Å²) in [6, 6.07) is 18.6. The Kier molecular flexibility index (Phi) is 6.80. The molecule has 3 aromatic rings. The number of phenolic OH excluding ortho intramolecular Hbond substituents is 2. The number of likely N-dealkylation sites (tertiary alicyclic amines) is 1. The van der Waals surface area contributed by atoms with E-state index in [1.807, 2.05) is 30.3 Å². The quantitative estimate of drug-likeness (QED) is 0.410. The minimum atomic E-state index is -0.693. The summed E-state index contributed by atoms with van der Waals surface area (Å²) in [6.07, 6.45) is 2.06. The van der Waals surface area contributed by atoms with E-state index >= 15 is 0 Å². The van der Waals surface area contributed by atoms with Crippen LogP contribution in [0, 0.1) is 5.82 Å². The Hall–Kier alpha value is -2.90. The normalized spacial score (nSPS) is 22.9. The number of halogens is 1. The molecule has 7 heteroatoms. The Balaban J connectivity index is 1.37. The monoisotopic (exact) mass is 495 g/mol. The lowest BCUT2D eigenvalue weighted by molar-refractivity contribution is 0.141. The van der Waals surface area contributed by atoms with E-state index in [1.54, 1.807) is 24.3 Å². The van der Waals surface area contributed by atoms with Crippen molar-refractivity contribution in [3.05, 3.63) is 77.6 Å². The van der Waals surface area contributed by atoms with Crippen LogP contribution in [0.2, 0.25) is 0 Å². The number of benzene rings is 3. The lowest BCUT2D eigenvalue weighted by atomic mass is 9.99. The second-order valence-electron chi connectivity index (χ2n) is 9.36. The van der Waals surface area contributed by atoms with E-state index in [0.29, 0.717) is 24.4 Å². The van der Waals surface area contributed by atoms with Gasteiger partial charge in [0.15, 0.2) is 11.6 Å². The van der Waals surface area contributed by atoms with Gasteiger partial charge in [-0.15, -0.1) is 11.8 Å². The Labute approximate surface area is 209 Å². The third-order valence-electron chi connectivity index (χ3n) is 6.88. The van der Waals surface area contributed by atoms with E-state index < -0.39 is 17.7 Å². The number of thioether (sulfide) groups is 1. The topological polar surface area (TPSA) is 62.2 Å². The minimum Gasteiger partial charge on any atom is -0.508 e. The first-order chi connectivity index (χ1) is 16.9. The van der Waals surface area contributed by atoms with Crippen LogP contribution in [0.25, 0.3) is 0 Å². The van der Waals surface area contributed by atoms with Crippen LogP contribution in [0.4, 0.5) is 4.39 Å². The van der Waals surface area contributed by atoms with Gasteiger partial charge in [-0.2, -0.15) is 0 Å². The number of ether oxygens (including phenoxy) is 2. The van der Waals surface area contributed by atoms with Gasteiger partial charge in [0.25, 0.3) is 0 Å². The molecule has 4 atom stereocenters. The molecule has 0 aliphatic carbocycles. The van der Waals surface area contributed by atoms with E-state index in [4.69, 9.17) is 9.47 Å². The maximum absolute atomic E-state index is 14.7. The molecule has 0 unspecified atom stereocenters. The molecule has 2 aliphatic heterocycles. The Morgan fingerprint density at radius 3 is 2.63 bits per heavy atom. The van der Waals surface area contributed by atoms with Gasteiger partial charge in [0.1, 0.15) is 30.0 Å². The van der Waals surface area contributed by atoms with Crippen LogP contribution in [-0.4, -0.2) is 40.3 Å². The van der Waals surface area contributed by atoms with Crippen molar-refractivity contribution in [3.63, 3.8) is 0 Å². The fourth-order valence-corrected chi connectivity index (χ4v) is 6.30. The summed E-state index contributed by atoms with van der Waals surface area (Å²) < 4.78 is 27.1. The molecule has 184 valence electrons. The van der Waals surface area contributed by atoms with Gasteiger partial charge in [-0.1, -0.05) is 24.3 Å². The van der Waals surface area contributed by atoms with Crippen molar-refractivity contribution in [2.45, 2.75) is 55.0 Å². The van der Waals surface area contributed by atoms with Crippen molar-refractivity contribution in [2.24, 2.45) is 0 Å². The van der Waals surface area contributed by atoms with E-state index in [0.717, 1.165) is 23.4 Å². The Morgan fingerprint density at radius 2 is 1.91 bits per heavy atom. The predicted molar refractivity (Wildman–Crippen MR) is 135 cm³/mol. The van der Waals surface area contributed by atoms with Crippen molar-refractivity contribution in [1.29, 1.82) is 0 Å². The van der Waals surface area contributed by atoms with Crippen molar-refractivity contribution >= 4 is 11.8 Å². The summed E-state index contributed by atoms with van der Waals surface area (Å²) >= 11 is 1.29. The predicted octanol–water partition coefficient (Wildman–Crippen LogP) is 6.46. The minimum absolute atomic E-state index is 0.134. The van der Waals surface area contributed by atoms with Crippen LogP contribution in [0.15, 0.2) is 65.6 Å². The average Bonchev–Trinajstić information content (AvgIpc) is 3.30. The number of hydrogen-bond acceptors (Lipinski definition) is 6. The molecule has 3 aromatic carbocycles. The van der Waals surface area contributed by atoms with E-state index in [1.165, 1.54) is 30.7 Å². The second kappa shape index (κ2) is 9.99. The summed E-state index contributed by atoms with van der Waals surface area (Å²) in [6.45, 7) is 6.23. The SMILES string of the molecule is C[C@H]1CCCN1[C@@H](C)COc1ccc([C@@H]2Oc3ccc(O)c(F)c3S[C@@H]2c2cccc(O)c2)cc1. The molecule has 5 nitrogen and oxygen atoms in total. The molecule has 0 amide bonds. The zero-order valence-electron chi connectivity index (χ0n) is 19.9. The van der Waals surface area contributed by atoms with Gasteiger partial charge in [0.2, 0.25) is 0 Å². The largest absolute Gasteiger partial charge is 0.508 e. The molecule has 35 heavy (non-hydrogen) atoms. The van der Waals surface area contributed by atoms with Gasteiger partial charge in [-0.25, -0.2) is 4.39 Å². The Bertz CT molecular complexity index is 1190. The smallest absolute Gasteiger partial charge is 0.182 e. The highest BCUT2D eigenvalue weighted by Gasteiger charge is 2.36. The molecule has 1 fully saturated rings. The maximum Gasteiger partial charge on any atom is 0.182 e. The molecule has 2 N–H and O–H groups in total. The van der Waals surface area contributed by atoms with E-state index in [9.17, 15) is 14.6 Å². The lowest BCUT2D eigenvalue weighted by Gasteiger charge is -2.34. The first-order valence-corrected chi connectivity index (χ1v) is 12.9. The fourth-order valence-electron chi connectivity index (χ4n) is 4.98. The zero-order valence-corrected chi connectivity index (χ0v) is 20.7. The van der Waals surface area contributed by atoms with E-state index in [2.05, 4.69) is 18.7 Å². The summed E-state index contributed by atoms with van der Waals surface area (Å²) in [5, 5.41) is 19.6. The molecule has 2 aliphatic rings. The van der Waals surface area contributed by atoms with Gasteiger partial charge in [0, 0.05) is 12.1 Å². The number of phenols is 2. The highest BCUT2D eigenvalue weighted by atomic mass is 32.2. The van der Waals surface area contributed by atoms with Crippen LogP contribution in [-0.2, 0) is 0 Å². The molecular weight excluding hydrogens is 465 g/mol. The number of aromatic hydroxyl groups is 2. The van der Waals surface area contributed by atoms with Crippen LogP contribution >= 0.6 is 11.8 Å². The third-order valence-corrected chi connectivity index (χ3v) is 8.27. The molecule has 0 spiro atoms. The van der Waals surface area contributed by atoms with Crippen LogP contribution < -0.4 is 9.47 Å². The number of nitrogens with zero attached hydrogens (tertiary/aromatic N) is 1. The Morgan fingerprint density at radius 1 is 1.11 bits per heavy atom. The molecule has 2 heterocycles. The molecular formula is C28H30FNO4S. The van der Waals surface area contributed by atoms with Gasteiger partial charge in [-0.05, 0) is 80.8 Å². The second-order valence-corrected chi connectivity index (χ2v) is 10.5. The van der Waals surface area contributed by atoms with Crippen LogP contribution in [0.3, 0.4) is 0 Å².